The van der Waals surface area contributed by atoms with Gasteiger partial charge in [0.05, 0.1) is 0 Å². The highest BCUT2D eigenvalue weighted by Gasteiger charge is 2.34. The maximum atomic E-state index is 12.7. The zero-order valence-corrected chi connectivity index (χ0v) is 13.8. The predicted molar refractivity (Wildman–Crippen MR) is 88.8 cm³/mol. The Morgan fingerprint density at radius 2 is 1.88 bits per heavy atom. The van der Waals surface area contributed by atoms with Gasteiger partial charge >= 0.3 is 6.18 Å². The fourth-order valence-corrected chi connectivity index (χ4v) is 2.23. The molecule has 0 aliphatic rings. The molecule has 0 atom stereocenters. The molecule has 2 N–H and O–H groups in total. The van der Waals surface area contributed by atoms with Gasteiger partial charge in [-0.3, -0.25) is 14.4 Å². The van der Waals surface area contributed by atoms with E-state index >= 15 is 0 Å². The minimum Gasteiger partial charge on any atom is -0.352 e. The van der Waals surface area contributed by atoms with Crippen LogP contribution in [0.5, 0.6) is 0 Å². The first-order chi connectivity index (χ1) is 12.2. The molecule has 2 rings (SSSR count). The number of pyridine rings is 1. The molecule has 0 fully saturated rings. The van der Waals surface area contributed by atoms with E-state index in [1.54, 1.807) is 19.1 Å². The standard InChI is InChI=1S/C17H16F3N3O3/c1-2-21-15(25)11-5-3-6-12(9-11)22-14(24)10-23-8-4-7-13(16(23)26)17(18,19)20/h3-9H,2,10H2,1H3,(H,21,25)(H,22,24). The Bertz CT molecular complexity index is 875. The second-order valence-electron chi connectivity index (χ2n) is 5.34. The third-order valence-corrected chi connectivity index (χ3v) is 3.39. The number of hydrogen-bond acceptors (Lipinski definition) is 3. The van der Waals surface area contributed by atoms with E-state index in [1.807, 2.05) is 0 Å². The maximum Gasteiger partial charge on any atom is 0.421 e. The molecule has 0 unspecified atom stereocenters. The van der Waals surface area contributed by atoms with Gasteiger partial charge in [-0.25, -0.2) is 0 Å². The summed E-state index contributed by atoms with van der Waals surface area (Å²) in [5, 5.41) is 5.06. The molecule has 2 amide bonds. The van der Waals surface area contributed by atoms with Crippen molar-refractivity contribution in [2.75, 3.05) is 11.9 Å². The van der Waals surface area contributed by atoms with E-state index in [2.05, 4.69) is 10.6 Å². The normalized spacial score (nSPS) is 11.1. The SMILES string of the molecule is CCNC(=O)c1cccc(NC(=O)Cn2cccc(C(F)(F)F)c2=O)c1. The lowest BCUT2D eigenvalue weighted by Crippen LogP contribution is -2.32. The van der Waals surface area contributed by atoms with Crippen LogP contribution >= 0.6 is 0 Å². The van der Waals surface area contributed by atoms with Crippen LogP contribution in [0, 0.1) is 0 Å². The molecule has 0 bridgehead atoms. The topological polar surface area (TPSA) is 80.2 Å². The molecule has 1 heterocycles. The third-order valence-electron chi connectivity index (χ3n) is 3.39. The van der Waals surface area contributed by atoms with Gasteiger partial charge in [0, 0.05) is 24.0 Å². The summed E-state index contributed by atoms with van der Waals surface area (Å²) in [6.07, 6.45) is -3.69. The lowest BCUT2D eigenvalue weighted by Gasteiger charge is -2.11. The van der Waals surface area contributed by atoms with Crippen molar-refractivity contribution in [3.8, 4) is 0 Å². The maximum absolute atomic E-state index is 12.7. The van der Waals surface area contributed by atoms with E-state index in [4.69, 9.17) is 0 Å². The number of hydrogen-bond donors (Lipinski definition) is 2. The minimum atomic E-state index is -4.79. The Kier molecular flexibility index (Phi) is 5.81. The largest absolute Gasteiger partial charge is 0.421 e. The van der Waals surface area contributed by atoms with E-state index in [1.165, 1.54) is 12.1 Å². The fraction of sp³-hybridized carbons (Fsp3) is 0.235. The lowest BCUT2D eigenvalue weighted by molar-refractivity contribution is -0.139. The average molecular weight is 367 g/mol. The Morgan fingerprint density at radius 1 is 1.15 bits per heavy atom. The molecule has 6 nitrogen and oxygen atoms in total. The van der Waals surface area contributed by atoms with Crippen molar-refractivity contribution in [2.24, 2.45) is 0 Å². The summed E-state index contributed by atoms with van der Waals surface area (Å²) in [6, 6.07) is 7.77. The Hall–Kier alpha value is -3.10. The number of amides is 2. The molecule has 0 saturated carbocycles. The molecular formula is C17H16F3N3O3. The summed E-state index contributed by atoms with van der Waals surface area (Å²) in [4.78, 5) is 35.7. The number of alkyl halides is 3. The van der Waals surface area contributed by atoms with Crippen LogP contribution in [0.1, 0.15) is 22.8 Å². The fourth-order valence-electron chi connectivity index (χ4n) is 2.23. The summed E-state index contributed by atoms with van der Waals surface area (Å²) < 4.78 is 38.9. The number of nitrogens with one attached hydrogen (secondary N) is 2. The number of carbonyl (C=O) groups excluding carboxylic acids is 2. The molecule has 0 aliphatic heterocycles. The van der Waals surface area contributed by atoms with Gasteiger partial charge in [-0.1, -0.05) is 6.07 Å². The number of rotatable bonds is 5. The Morgan fingerprint density at radius 3 is 2.54 bits per heavy atom. The Balaban J connectivity index is 2.14. The summed E-state index contributed by atoms with van der Waals surface area (Å²) in [5.41, 5.74) is -2.03. The van der Waals surface area contributed by atoms with Crippen LogP contribution in [0.15, 0.2) is 47.4 Å². The molecule has 138 valence electrons. The van der Waals surface area contributed by atoms with Crippen LogP contribution in [0.25, 0.3) is 0 Å². The van der Waals surface area contributed by atoms with E-state index in [9.17, 15) is 27.6 Å². The molecule has 1 aromatic heterocycles. The zero-order chi connectivity index (χ0) is 19.3. The van der Waals surface area contributed by atoms with E-state index < -0.39 is 29.8 Å². The molecule has 2 aromatic rings. The van der Waals surface area contributed by atoms with Crippen LogP contribution in [0.2, 0.25) is 0 Å². The van der Waals surface area contributed by atoms with Gasteiger partial charge in [-0.05, 0) is 37.3 Å². The number of anilines is 1. The van der Waals surface area contributed by atoms with Crippen molar-refractivity contribution in [3.05, 3.63) is 64.1 Å². The molecular weight excluding hydrogens is 351 g/mol. The smallest absolute Gasteiger partial charge is 0.352 e. The van der Waals surface area contributed by atoms with E-state index in [-0.39, 0.29) is 5.91 Å². The highest BCUT2D eigenvalue weighted by atomic mass is 19.4. The van der Waals surface area contributed by atoms with Crippen molar-refractivity contribution in [2.45, 2.75) is 19.6 Å². The summed E-state index contributed by atoms with van der Waals surface area (Å²) >= 11 is 0. The molecule has 26 heavy (non-hydrogen) atoms. The minimum absolute atomic E-state index is 0.291. The molecule has 0 saturated heterocycles. The zero-order valence-electron chi connectivity index (χ0n) is 13.8. The van der Waals surface area contributed by atoms with Gasteiger partial charge in [0.1, 0.15) is 12.1 Å². The summed E-state index contributed by atoms with van der Waals surface area (Å²) in [7, 11) is 0. The number of nitrogens with zero attached hydrogens (tertiary/aromatic N) is 1. The number of aromatic nitrogens is 1. The highest BCUT2D eigenvalue weighted by Crippen LogP contribution is 2.25. The summed E-state index contributed by atoms with van der Waals surface area (Å²) in [5.74, 6) is -1.02. The van der Waals surface area contributed by atoms with Gasteiger partial charge in [-0.15, -0.1) is 0 Å². The van der Waals surface area contributed by atoms with Crippen molar-refractivity contribution in [1.29, 1.82) is 0 Å². The second-order valence-corrected chi connectivity index (χ2v) is 5.34. The highest BCUT2D eigenvalue weighted by molar-refractivity contribution is 5.97. The molecule has 0 radical (unpaired) electrons. The predicted octanol–water partition coefficient (Wildman–Crippen LogP) is 2.26. The first kappa shape index (κ1) is 19.2. The van der Waals surface area contributed by atoms with E-state index in [0.29, 0.717) is 28.4 Å². The van der Waals surface area contributed by atoms with Crippen LogP contribution in [-0.4, -0.2) is 22.9 Å². The van der Waals surface area contributed by atoms with Gasteiger partial charge in [0.15, 0.2) is 0 Å². The van der Waals surface area contributed by atoms with Gasteiger partial charge in [-0.2, -0.15) is 13.2 Å². The quantitative estimate of drug-likeness (QED) is 0.851. The summed E-state index contributed by atoms with van der Waals surface area (Å²) in [6.45, 7) is 1.61. The van der Waals surface area contributed by atoms with Crippen molar-refractivity contribution >= 4 is 17.5 Å². The first-order valence-electron chi connectivity index (χ1n) is 7.67. The molecule has 0 aliphatic carbocycles. The molecule has 9 heteroatoms. The van der Waals surface area contributed by atoms with Gasteiger partial charge in [0.25, 0.3) is 11.5 Å². The monoisotopic (exact) mass is 367 g/mol. The third kappa shape index (κ3) is 4.71. The van der Waals surface area contributed by atoms with Crippen molar-refractivity contribution < 1.29 is 22.8 Å². The first-order valence-corrected chi connectivity index (χ1v) is 7.67. The number of halogens is 3. The van der Waals surface area contributed by atoms with Gasteiger partial charge in [0.2, 0.25) is 5.91 Å². The Labute approximate surface area is 146 Å². The average Bonchev–Trinajstić information content (AvgIpc) is 2.56. The lowest BCUT2D eigenvalue weighted by atomic mass is 10.2. The molecule has 1 aromatic carbocycles. The number of benzene rings is 1. The number of carbonyl (C=O) groups is 2. The van der Waals surface area contributed by atoms with Crippen LogP contribution in [0.4, 0.5) is 18.9 Å². The van der Waals surface area contributed by atoms with Crippen LogP contribution in [-0.2, 0) is 17.5 Å². The van der Waals surface area contributed by atoms with Crippen LogP contribution < -0.4 is 16.2 Å². The molecule has 0 spiro atoms. The van der Waals surface area contributed by atoms with Crippen molar-refractivity contribution in [3.63, 3.8) is 0 Å². The van der Waals surface area contributed by atoms with Crippen molar-refractivity contribution in [1.82, 2.24) is 9.88 Å². The second kappa shape index (κ2) is 7.85. The van der Waals surface area contributed by atoms with Crippen LogP contribution in [0.3, 0.4) is 0 Å². The van der Waals surface area contributed by atoms with E-state index in [0.717, 1.165) is 12.3 Å². The van der Waals surface area contributed by atoms with Gasteiger partial charge < -0.3 is 15.2 Å².